The summed E-state index contributed by atoms with van der Waals surface area (Å²) in [6.45, 7) is 0. The van der Waals surface area contributed by atoms with E-state index >= 15 is 0 Å². The zero-order valence-corrected chi connectivity index (χ0v) is 33.3. The standard InChI is InChI=1S/C56H35N3S/c1-4-14-36(15-5-1)53-57-54(37-16-6-2-7-17-37)59-55(58-53)42-27-26-38-32-39(24-25-40(38)33-42)41-28-30-51-47(34-41)48-35-44(29-31-52(48)60-51)56(43-18-8-3-9-19-43)49-22-12-10-20-45(49)46-21-11-13-23-50(46)56/h1-35H. The van der Waals surface area contributed by atoms with Gasteiger partial charge in [-0.1, -0.05) is 176 Å². The van der Waals surface area contributed by atoms with Crippen LogP contribution in [0.4, 0.5) is 0 Å². The Balaban J connectivity index is 0.956. The van der Waals surface area contributed by atoms with Crippen molar-refractivity contribution in [3.8, 4) is 56.4 Å². The Labute approximate surface area is 352 Å². The molecule has 60 heavy (non-hydrogen) atoms. The van der Waals surface area contributed by atoms with Crippen LogP contribution in [-0.2, 0) is 5.41 Å². The van der Waals surface area contributed by atoms with Crippen LogP contribution in [0, 0.1) is 0 Å². The van der Waals surface area contributed by atoms with Gasteiger partial charge < -0.3 is 0 Å². The van der Waals surface area contributed by atoms with Crippen molar-refractivity contribution in [1.29, 1.82) is 0 Å². The number of hydrogen-bond acceptors (Lipinski definition) is 4. The van der Waals surface area contributed by atoms with E-state index in [2.05, 4.69) is 152 Å². The number of rotatable bonds is 6. The summed E-state index contributed by atoms with van der Waals surface area (Å²) in [6, 6.07) is 76.6. The highest BCUT2D eigenvalue weighted by Crippen LogP contribution is 2.56. The van der Waals surface area contributed by atoms with Crippen LogP contribution in [-0.4, -0.2) is 15.0 Å². The highest BCUT2D eigenvalue weighted by Gasteiger charge is 2.45. The molecule has 0 spiro atoms. The summed E-state index contributed by atoms with van der Waals surface area (Å²) >= 11 is 1.87. The van der Waals surface area contributed by atoms with Gasteiger partial charge in [-0.3, -0.25) is 0 Å². The van der Waals surface area contributed by atoms with Crippen LogP contribution < -0.4 is 0 Å². The largest absolute Gasteiger partial charge is 0.208 e. The average Bonchev–Trinajstić information content (AvgIpc) is 3.85. The fourth-order valence-electron chi connectivity index (χ4n) is 9.40. The lowest BCUT2D eigenvalue weighted by Gasteiger charge is -2.34. The molecule has 3 nitrogen and oxygen atoms in total. The van der Waals surface area contributed by atoms with Crippen molar-refractivity contribution in [3.05, 3.63) is 235 Å². The third kappa shape index (κ3) is 5.46. The molecule has 0 unspecified atom stereocenters. The maximum Gasteiger partial charge on any atom is 0.164 e. The molecule has 0 fully saturated rings. The van der Waals surface area contributed by atoms with E-state index in [9.17, 15) is 0 Å². The minimum atomic E-state index is -0.431. The maximum absolute atomic E-state index is 4.97. The molecule has 0 bridgehead atoms. The van der Waals surface area contributed by atoms with Gasteiger partial charge in [0, 0.05) is 36.9 Å². The Morgan fingerprint density at radius 3 is 1.38 bits per heavy atom. The Morgan fingerprint density at radius 2 is 0.767 bits per heavy atom. The van der Waals surface area contributed by atoms with Gasteiger partial charge in [-0.2, -0.15) is 0 Å². The molecule has 280 valence electrons. The molecule has 0 aliphatic heterocycles. The van der Waals surface area contributed by atoms with Crippen molar-refractivity contribution in [2.24, 2.45) is 0 Å². The van der Waals surface area contributed by atoms with Crippen LogP contribution in [0.25, 0.3) is 87.4 Å². The number of hydrogen-bond donors (Lipinski definition) is 0. The number of nitrogens with zero attached hydrogens (tertiary/aromatic N) is 3. The molecule has 0 amide bonds. The van der Waals surface area contributed by atoms with E-state index in [0.717, 1.165) is 27.5 Å². The number of fused-ring (bicyclic) bond motifs is 7. The van der Waals surface area contributed by atoms with Crippen molar-refractivity contribution in [1.82, 2.24) is 15.0 Å². The zero-order valence-electron chi connectivity index (χ0n) is 32.5. The lowest BCUT2D eigenvalue weighted by molar-refractivity contribution is 0.770. The summed E-state index contributed by atoms with van der Waals surface area (Å²) in [7, 11) is 0. The van der Waals surface area contributed by atoms with E-state index in [-0.39, 0.29) is 0 Å². The Bertz CT molecular complexity index is 3330. The quantitative estimate of drug-likeness (QED) is 0.169. The first-order valence-electron chi connectivity index (χ1n) is 20.3. The minimum absolute atomic E-state index is 0.431. The van der Waals surface area contributed by atoms with Gasteiger partial charge in [-0.15, -0.1) is 11.3 Å². The summed E-state index contributed by atoms with van der Waals surface area (Å²) in [5, 5.41) is 4.87. The molecule has 0 N–H and O–H groups in total. The molecule has 0 saturated heterocycles. The van der Waals surface area contributed by atoms with Crippen molar-refractivity contribution in [2.75, 3.05) is 0 Å². The third-order valence-electron chi connectivity index (χ3n) is 12.2. The fourth-order valence-corrected chi connectivity index (χ4v) is 10.5. The van der Waals surface area contributed by atoms with Gasteiger partial charge in [0.05, 0.1) is 5.41 Å². The lowest BCUT2D eigenvalue weighted by atomic mass is 9.67. The van der Waals surface area contributed by atoms with Crippen LogP contribution >= 0.6 is 11.3 Å². The molecule has 0 atom stereocenters. The van der Waals surface area contributed by atoms with E-state index in [1.54, 1.807) is 0 Å². The summed E-state index contributed by atoms with van der Waals surface area (Å²) in [5.74, 6) is 1.97. The molecule has 9 aromatic carbocycles. The van der Waals surface area contributed by atoms with Crippen LogP contribution in [0.1, 0.15) is 22.3 Å². The predicted molar refractivity (Wildman–Crippen MR) is 249 cm³/mol. The normalized spacial score (nSPS) is 12.8. The Morgan fingerprint density at radius 1 is 0.317 bits per heavy atom. The lowest BCUT2D eigenvalue weighted by Crippen LogP contribution is -2.28. The summed E-state index contributed by atoms with van der Waals surface area (Å²) in [5.41, 5.74) is 12.7. The van der Waals surface area contributed by atoms with Crippen LogP contribution in [0.15, 0.2) is 212 Å². The summed E-state index contributed by atoms with van der Waals surface area (Å²) < 4.78 is 2.59. The van der Waals surface area contributed by atoms with Gasteiger partial charge in [0.25, 0.3) is 0 Å². The first-order valence-corrected chi connectivity index (χ1v) is 21.2. The molecular formula is C56H35N3S. The van der Waals surface area contributed by atoms with E-state index < -0.39 is 5.41 Å². The van der Waals surface area contributed by atoms with E-state index in [0.29, 0.717) is 17.5 Å². The van der Waals surface area contributed by atoms with Crippen molar-refractivity contribution >= 4 is 42.3 Å². The molecule has 2 heterocycles. The first-order chi connectivity index (χ1) is 29.7. The zero-order chi connectivity index (χ0) is 39.6. The van der Waals surface area contributed by atoms with Gasteiger partial charge >= 0.3 is 0 Å². The predicted octanol–water partition coefficient (Wildman–Crippen LogP) is 14.4. The van der Waals surface area contributed by atoms with Crippen LogP contribution in [0.3, 0.4) is 0 Å². The molecular weight excluding hydrogens is 747 g/mol. The van der Waals surface area contributed by atoms with Gasteiger partial charge in [-0.25, -0.2) is 15.0 Å². The number of benzene rings is 9. The van der Waals surface area contributed by atoms with E-state index in [1.807, 2.05) is 72.0 Å². The van der Waals surface area contributed by atoms with E-state index in [1.165, 1.54) is 64.7 Å². The second-order valence-corrected chi connectivity index (χ2v) is 16.6. The second-order valence-electron chi connectivity index (χ2n) is 15.5. The summed E-state index contributed by atoms with van der Waals surface area (Å²) in [4.78, 5) is 14.8. The molecule has 4 heteroatoms. The summed E-state index contributed by atoms with van der Waals surface area (Å²) in [6.07, 6.45) is 0. The van der Waals surface area contributed by atoms with Crippen LogP contribution in [0.2, 0.25) is 0 Å². The topological polar surface area (TPSA) is 38.7 Å². The maximum atomic E-state index is 4.97. The minimum Gasteiger partial charge on any atom is -0.208 e. The molecule has 2 aromatic heterocycles. The first kappa shape index (κ1) is 34.5. The number of aromatic nitrogens is 3. The van der Waals surface area contributed by atoms with E-state index in [4.69, 9.17) is 15.0 Å². The van der Waals surface area contributed by atoms with Crippen molar-refractivity contribution in [3.63, 3.8) is 0 Å². The Hall–Kier alpha value is -7.53. The van der Waals surface area contributed by atoms with Gasteiger partial charge in [0.1, 0.15) is 0 Å². The fraction of sp³-hybridized carbons (Fsp3) is 0.0179. The van der Waals surface area contributed by atoms with Gasteiger partial charge in [0.2, 0.25) is 0 Å². The molecule has 1 aliphatic carbocycles. The average molecular weight is 782 g/mol. The van der Waals surface area contributed by atoms with Crippen molar-refractivity contribution in [2.45, 2.75) is 5.41 Å². The third-order valence-corrected chi connectivity index (χ3v) is 13.3. The monoisotopic (exact) mass is 781 g/mol. The number of thiophene rings is 1. The smallest absolute Gasteiger partial charge is 0.164 e. The molecule has 0 radical (unpaired) electrons. The molecule has 0 saturated carbocycles. The molecule has 1 aliphatic rings. The second kappa shape index (κ2) is 13.8. The molecule has 12 rings (SSSR count). The molecule has 11 aromatic rings. The van der Waals surface area contributed by atoms with Gasteiger partial charge in [-0.05, 0) is 91.7 Å². The Kier molecular flexibility index (Phi) is 7.94. The van der Waals surface area contributed by atoms with Gasteiger partial charge in [0.15, 0.2) is 17.5 Å². The van der Waals surface area contributed by atoms with Crippen molar-refractivity contribution < 1.29 is 0 Å². The highest BCUT2D eigenvalue weighted by molar-refractivity contribution is 7.25. The van der Waals surface area contributed by atoms with Crippen LogP contribution in [0.5, 0.6) is 0 Å². The highest BCUT2D eigenvalue weighted by atomic mass is 32.1. The SMILES string of the molecule is c1ccc(-c2nc(-c3ccccc3)nc(-c3ccc4cc(-c5ccc6sc7ccc(C8(c9ccccc9)c9ccccc9-c9ccccc98)cc7c6c5)ccc4c3)n2)cc1.